The van der Waals surface area contributed by atoms with Crippen molar-refractivity contribution in [2.45, 2.75) is 45.6 Å². The van der Waals surface area contributed by atoms with Crippen LogP contribution in [-0.2, 0) is 11.3 Å². The van der Waals surface area contributed by atoms with Crippen molar-refractivity contribution < 1.29 is 29.0 Å². The highest BCUT2D eigenvalue weighted by molar-refractivity contribution is 7.16. The van der Waals surface area contributed by atoms with Gasteiger partial charge in [-0.25, -0.2) is 9.18 Å². The van der Waals surface area contributed by atoms with Crippen LogP contribution in [-0.4, -0.2) is 28.2 Å². The number of halogens is 1. The average Bonchev–Trinajstić information content (AvgIpc) is 3.07. The number of rotatable bonds is 5. The highest BCUT2D eigenvalue weighted by atomic mass is 32.1. The summed E-state index contributed by atoms with van der Waals surface area (Å²) in [5, 5.41) is 20.3. The van der Waals surface area contributed by atoms with E-state index in [0.29, 0.717) is 17.1 Å². The quantitative estimate of drug-likeness (QED) is 0.534. The van der Waals surface area contributed by atoms with E-state index in [2.05, 4.69) is 10.6 Å². The number of carboxylic acid groups (broad SMARTS) is 2. The fourth-order valence-corrected chi connectivity index (χ4v) is 4.15. The van der Waals surface area contributed by atoms with Gasteiger partial charge in [0.05, 0.1) is 5.56 Å². The molecule has 1 aromatic carbocycles. The maximum absolute atomic E-state index is 13.0. The minimum absolute atomic E-state index is 0.0131. The van der Waals surface area contributed by atoms with E-state index in [0.717, 1.165) is 36.1 Å². The molecule has 1 fully saturated rings. The van der Waals surface area contributed by atoms with E-state index in [1.54, 1.807) is 18.2 Å². The molecule has 1 aromatic heterocycles. The Hall–Kier alpha value is -2.94. The number of hydrogen-bond donors (Lipinski definition) is 4. The fraction of sp³-hybridized carbons (Fsp3) is 0.381. The van der Waals surface area contributed by atoms with E-state index < -0.39 is 6.16 Å². The third kappa shape index (κ3) is 7.47. The van der Waals surface area contributed by atoms with Crippen LogP contribution in [0, 0.1) is 18.7 Å². The van der Waals surface area contributed by atoms with Crippen LogP contribution >= 0.6 is 11.3 Å². The van der Waals surface area contributed by atoms with Crippen molar-refractivity contribution >= 4 is 34.3 Å². The Morgan fingerprint density at radius 3 is 2.30 bits per heavy atom. The summed E-state index contributed by atoms with van der Waals surface area (Å²) in [5.74, 6) is -0.487. The molecule has 2 aromatic rings. The molecule has 0 radical (unpaired) electrons. The molecule has 30 heavy (non-hydrogen) atoms. The first-order valence-electron chi connectivity index (χ1n) is 9.62. The lowest BCUT2D eigenvalue weighted by Crippen LogP contribution is -2.27. The summed E-state index contributed by atoms with van der Waals surface area (Å²) < 4.78 is 13.0. The first kappa shape index (κ1) is 23.3. The van der Waals surface area contributed by atoms with Crippen molar-refractivity contribution in [2.75, 3.05) is 5.32 Å². The van der Waals surface area contributed by atoms with Crippen molar-refractivity contribution in [1.29, 1.82) is 0 Å². The topological polar surface area (TPSA) is 116 Å². The van der Waals surface area contributed by atoms with E-state index in [4.69, 9.17) is 15.0 Å². The summed E-state index contributed by atoms with van der Waals surface area (Å²) in [6, 6.07) is 7.81. The molecule has 0 atom stereocenters. The summed E-state index contributed by atoms with van der Waals surface area (Å²) >= 11 is 1.42. The molecular formula is C21H25FN2O5S. The molecule has 1 heterocycles. The molecule has 4 N–H and O–H groups in total. The minimum atomic E-state index is -1.83. The first-order valence-corrected chi connectivity index (χ1v) is 10.4. The first-order chi connectivity index (χ1) is 14.3. The van der Waals surface area contributed by atoms with Crippen LogP contribution in [0.4, 0.5) is 14.2 Å². The Morgan fingerprint density at radius 1 is 1.10 bits per heavy atom. The van der Waals surface area contributed by atoms with E-state index in [9.17, 15) is 14.0 Å². The van der Waals surface area contributed by atoms with Crippen LogP contribution in [0.2, 0.25) is 0 Å². The Bertz CT molecular complexity index is 872. The van der Waals surface area contributed by atoms with Crippen molar-refractivity contribution in [3.05, 3.63) is 52.2 Å². The van der Waals surface area contributed by atoms with E-state index in [-0.39, 0.29) is 23.5 Å². The average molecular weight is 437 g/mol. The molecule has 1 saturated carbocycles. The molecule has 0 saturated heterocycles. The number of amides is 2. The van der Waals surface area contributed by atoms with E-state index in [1.807, 2.05) is 6.92 Å². The zero-order valence-electron chi connectivity index (χ0n) is 16.6. The lowest BCUT2D eigenvalue weighted by atomic mass is 9.89. The second-order valence-electron chi connectivity index (χ2n) is 7.02. The number of nitrogens with one attached hydrogen (secondary N) is 2. The fourth-order valence-electron chi connectivity index (χ4n) is 3.23. The Morgan fingerprint density at radius 2 is 1.70 bits per heavy atom. The molecule has 1 aliphatic carbocycles. The van der Waals surface area contributed by atoms with Gasteiger partial charge in [-0.05, 0) is 43.5 Å². The molecule has 0 spiro atoms. The SMILES string of the molecule is Cc1cc(C(=O)NCc2ccc(F)cc2)c(NC(=O)C2CCCCC2)s1.O=C(O)O. The molecule has 7 nitrogen and oxygen atoms in total. The number of aryl methyl sites for hydroxylation is 1. The lowest BCUT2D eigenvalue weighted by Gasteiger charge is -2.20. The highest BCUT2D eigenvalue weighted by Gasteiger charge is 2.23. The largest absolute Gasteiger partial charge is 0.503 e. The van der Waals surface area contributed by atoms with Gasteiger partial charge in [0.1, 0.15) is 10.8 Å². The van der Waals surface area contributed by atoms with Gasteiger partial charge in [-0.3, -0.25) is 9.59 Å². The number of benzene rings is 1. The second kappa shape index (κ2) is 11.3. The molecular weight excluding hydrogens is 411 g/mol. The van der Waals surface area contributed by atoms with Crippen LogP contribution in [0.5, 0.6) is 0 Å². The maximum Gasteiger partial charge on any atom is 0.503 e. The highest BCUT2D eigenvalue weighted by Crippen LogP contribution is 2.30. The van der Waals surface area contributed by atoms with Gasteiger partial charge in [0.2, 0.25) is 5.91 Å². The van der Waals surface area contributed by atoms with Crippen LogP contribution in [0.1, 0.15) is 52.9 Å². The summed E-state index contributed by atoms with van der Waals surface area (Å²) in [5.41, 5.74) is 1.30. The number of carbonyl (C=O) groups is 3. The Balaban J connectivity index is 0.000000735. The van der Waals surface area contributed by atoms with Crippen LogP contribution in [0.25, 0.3) is 0 Å². The third-order valence-corrected chi connectivity index (χ3v) is 5.64. The van der Waals surface area contributed by atoms with Gasteiger partial charge in [-0.15, -0.1) is 11.3 Å². The summed E-state index contributed by atoms with van der Waals surface area (Å²) in [7, 11) is 0. The molecule has 1 aliphatic rings. The number of carbonyl (C=O) groups excluding carboxylic acids is 2. The zero-order valence-corrected chi connectivity index (χ0v) is 17.4. The van der Waals surface area contributed by atoms with E-state index in [1.165, 1.54) is 29.9 Å². The van der Waals surface area contributed by atoms with Gasteiger partial charge in [0.25, 0.3) is 5.91 Å². The smallest absolute Gasteiger partial charge is 0.450 e. The minimum Gasteiger partial charge on any atom is -0.450 e. The third-order valence-electron chi connectivity index (χ3n) is 4.68. The lowest BCUT2D eigenvalue weighted by molar-refractivity contribution is -0.120. The molecule has 3 rings (SSSR count). The van der Waals surface area contributed by atoms with Gasteiger partial charge in [0, 0.05) is 17.3 Å². The predicted octanol–water partition coefficient (Wildman–Crippen LogP) is 4.87. The van der Waals surface area contributed by atoms with Gasteiger partial charge in [-0.2, -0.15) is 0 Å². The molecule has 2 amide bonds. The Kier molecular flexibility index (Phi) is 8.79. The number of hydrogen-bond acceptors (Lipinski definition) is 4. The van der Waals surface area contributed by atoms with Crippen LogP contribution in [0.15, 0.2) is 30.3 Å². The molecule has 9 heteroatoms. The molecule has 0 bridgehead atoms. The summed E-state index contributed by atoms with van der Waals surface area (Å²) in [6.45, 7) is 2.22. The van der Waals surface area contributed by atoms with E-state index >= 15 is 0 Å². The second-order valence-corrected chi connectivity index (χ2v) is 8.27. The molecule has 162 valence electrons. The molecule has 0 aliphatic heterocycles. The Labute approximate surface area is 177 Å². The number of thiophene rings is 1. The normalized spacial score (nSPS) is 13.7. The zero-order chi connectivity index (χ0) is 22.1. The van der Waals surface area contributed by atoms with Gasteiger partial charge in [-0.1, -0.05) is 31.4 Å². The predicted molar refractivity (Wildman–Crippen MR) is 112 cm³/mol. The van der Waals surface area contributed by atoms with Crippen LogP contribution in [0.3, 0.4) is 0 Å². The van der Waals surface area contributed by atoms with Crippen molar-refractivity contribution in [2.24, 2.45) is 5.92 Å². The van der Waals surface area contributed by atoms with Gasteiger partial charge < -0.3 is 20.8 Å². The van der Waals surface area contributed by atoms with Gasteiger partial charge in [0.15, 0.2) is 0 Å². The van der Waals surface area contributed by atoms with Crippen LogP contribution < -0.4 is 10.6 Å². The summed E-state index contributed by atoms with van der Waals surface area (Å²) in [6.07, 6.45) is 3.38. The molecule has 0 unspecified atom stereocenters. The van der Waals surface area contributed by atoms with Crippen molar-refractivity contribution in [3.63, 3.8) is 0 Å². The van der Waals surface area contributed by atoms with Crippen molar-refractivity contribution in [3.8, 4) is 0 Å². The maximum atomic E-state index is 13.0. The van der Waals surface area contributed by atoms with Crippen molar-refractivity contribution in [1.82, 2.24) is 5.32 Å². The summed E-state index contributed by atoms with van der Waals surface area (Å²) in [4.78, 5) is 34.6. The monoisotopic (exact) mass is 436 g/mol. The standard InChI is InChI=1S/C20H23FN2O2S.CH2O3/c1-13-11-17(19(25)22-12-14-7-9-16(21)10-8-14)20(26-13)23-18(24)15-5-3-2-4-6-15;2-1(3)4/h7-11,15H,2-6,12H2,1H3,(H,22,25)(H,23,24);(H2,2,3,4). The number of anilines is 1. The van der Waals surface area contributed by atoms with Gasteiger partial charge >= 0.3 is 6.16 Å².